The lowest BCUT2D eigenvalue weighted by Crippen LogP contribution is -2.20. The summed E-state index contributed by atoms with van der Waals surface area (Å²) < 4.78 is 14.0. The van der Waals surface area contributed by atoms with Crippen LogP contribution in [0.5, 0.6) is 0 Å². The van der Waals surface area contributed by atoms with E-state index in [4.69, 9.17) is 0 Å². The SMILES string of the molecule is CNC(Cc1ccc([N+](=O)[O-])cc1)c1cc(C)ccc1F. The molecule has 0 spiro atoms. The fourth-order valence-corrected chi connectivity index (χ4v) is 2.29. The number of halogens is 1. The summed E-state index contributed by atoms with van der Waals surface area (Å²) in [5.41, 5.74) is 2.58. The van der Waals surface area contributed by atoms with Gasteiger partial charge in [-0.25, -0.2) is 4.39 Å². The van der Waals surface area contributed by atoms with Crippen molar-refractivity contribution < 1.29 is 9.31 Å². The largest absolute Gasteiger partial charge is 0.313 e. The molecule has 0 saturated heterocycles. The Hall–Kier alpha value is -2.27. The van der Waals surface area contributed by atoms with Gasteiger partial charge in [-0.05, 0) is 32.0 Å². The van der Waals surface area contributed by atoms with Gasteiger partial charge in [-0.2, -0.15) is 0 Å². The minimum atomic E-state index is -0.431. The Balaban J connectivity index is 2.22. The summed E-state index contributed by atoms with van der Waals surface area (Å²) in [7, 11) is 1.78. The molecule has 0 fully saturated rings. The molecule has 0 heterocycles. The average molecular weight is 288 g/mol. The van der Waals surface area contributed by atoms with Gasteiger partial charge in [0.25, 0.3) is 5.69 Å². The average Bonchev–Trinajstić information content (AvgIpc) is 2.48. The van der Waals surface area contributed by atoms with Gasteiger partial charge in [0.1, 0.15) is 5.82 Å². The predicted octanol–water partition coefficient (Wildman–Crippen LogP) is 3.55. The Morgan fingerprint density at radius 2 is 1.90 bits per heavy atom. The molecule has 0 bridgehead atoms. The van der Waals surface area contributed by atoms with Gasteiger partial charge in [0, 0.05) is 23.7 Å². The van der Waals surface area contributed by atoms with Crippen LogP contribution in [0.4, 0.5) is 10.1 Å². The first-order valence-electron chi connectivity index (χ1n) is 6.68. The monoisotopic (exact) mass is 288 g/mol. The zero-order valence-corrected chi connectivity index (χ0v) is 12.0. The summed E-state index contributed by atoms with van der Waals surface area (Å²) >= 11 is 0. The molecule has 2 aromatic carbocycles. The van der Waals surface area contributed by atoms with Gasteiger partial charge in [0.05, 0.1) is 4.92 Å². The molecule has 0 saturated carbocycles. The van der Waals surface area contributed by atoms with Crippen molar-refractivity contribution in [1.82, 2.24) is 5.32 Å². The molecule has 5 heteroatoms. The third kappa shape index (κ3) is 3.64. The van der Waals surface area contributed by atoms with Crippen molar-refractivity contribution >= 4 is 5.69 Å². The third-order valence-electron chi connectivity index (χ3n) is 3.46. The number of non-ortho nitro benzene ring substituents is 1. The number of benzene rings is 2. The first-order valence-corrected chi connectivity index (χ1v) is 6.68. The van der Waals surface area contributed by atoms with Crippen LogP contribution in [0.15, 0.2) is 42.5 Å². The standard InChI is InChI=1S/C16H17FN2O2/c1-11-3-8-15(17)14(9-11)16(18-2)10-12-4-6-13(7-5-12)19(20)21/h3-9,16,18H,10H2,1-2H3. The molecule has 0 aromatic heterocycles. The molecule has 0 radical (unpaired) electrons. The number of nitro groups is 1. The summed E-state index contributed by atoms with van der Waals surface area (Å²) in [5.74, 6) is -0.248. The second kappa shape index (κ2) is 6.45. The molecule has 110 valence electrons. The number of nitrogens with one attached hydrogen (secondary N) is 1. The second-order valence-electron chi connectivity index (χ2n) is 4.99. The predicted molar refractivity (Wildman–Crippen MR) is 79.7 cm³/mol. The summed E-state index contributed by atoms with van der Waals surface area (Å²) in [6.45, 7) is 1.92. The van der Waals surface area contributed by atoms with Gasteiger partial charge in [-0.3, -0.25) is 10.1 Å². The second-order valence-corrected chi connectivity index (χ2v) is 4.99. The molecule has 4 nitrogen and oxygen atoms in total. The molecule has 0 aliphatic rings. The van der Waals surface area contributed by atoms with Crippen molar-refractivity contribution in [1.29, 1.82) is 0 Å². The normalized spacial score (nSPS) is 12.1. The van der Waals surface area contributed by atoms with E-state index in [1.165, 1.54) is 18.2 Å². The minimum absolute atomic E-state index is 0.0569. The van der Waals surface area contributed by atoms with Crippen LogP contribution in [0.2, 0.25) is 0 Å². The Morgan fingerprint density at radius 3 is 2.48 bits per heavy atom. The van der Waals surface area contributed by atoms with Crippen molar-refractivity contribution in [2.75, 3.05) is 7.05 Å². The highest BCUT2D eigenvalue weighted by Crippen LogP contribution is 2.23. The van der Waals surface area contributed by atoms with Gasteiger partial charge >= 0.3 is 0 Å². The lowest BCUT2D eigenvalue weighted by molar-refractivity contribution is -0.384. The molecule has 0 amide bonds. The van der Waals surface area contributed by atoms with E-state index in [2.05, 4.69) is 5.32 Å². The maximum atomic E-state index is 14.0. The van der Waals surface area contributed by atoms with Crippen LogP contribution >= 0.6 is 0 Å². The van der Waals surface area contributed by atoms with Crippen molar-refractivity contribution in [3.63, 3.8) is 0 Å². The smallest absolute Gasteiger partial charge is 0.269 e. The molecular weight excluding hydrogens is 271 g/mol. The molecule has 1 N–H and O–H groups in total. The van der Waals surface area contributed by atoms with E-state index in [9.17, 15) is 14.5 Å². The fraction of sp³-hybridized carbons (Fsp3) is 0.250. The van der Waals surface area contributed by atoms with Gasteiger partial charge < -0.3 is 5.32 Å². The Labute approximate surface area is 122 Å². The zero-order valence-electron chi connectivity index (χ0n) is 12.0. The highest BCUT2D eigenvalue weighted by atomic mass is 19.1. The van der Waals surface area contributed by atoms with Gasteiger partial charge in [0.2, 0.25) is 0 Å². The van der Waals surface area contributed by atoms with Crippen molar-refractivity contribution in [3.8, 4) is 0 Å². The Bertz CT molecular complexity index is 641. The van der Waals surface area contributed by atoms with Gasteiger partial charge in [-0.15, -0.1) is 0 Å². The maximum absolute atomic E-state index is 14.0. The Morgan fingerprint density at radius 1 is 1.24 bits per heavy atom. The number of rotatable bonds is 5. The van der Waals surface area contributed by atoms with E-state index >= 15 is 0 Å². The van der Waals surface area contributed by atoms with Crippen LogP contribution < -0.4 is 5.32 Å². The van der Waals surface area contributed by atoms with E-state index in [0.717, 1.165) is 11.1 Å². The van der Waals surface area contributed by atoms with E-state index in [0.29, 0.717) is 12.0 Å². The van der Waals surface area contributed by atoms with Crippen molar-refractivity contribution in [2.45, 2.75) is 19.4 Å². The molecule has 1 unspecified atom stereocenters. The van der Waals surface area contributed by atoms with E-state index in [1.54, 1.807) is 25.2 Å². The van der Waals surface area contributed by atoms with Crippen LogP contribution in [-0.2, 0) is 6.42 Å². The highest BCUT2D eigenvalue weighted by molar-refractivity contribution is 5.34. The van der Waals surface area contributed by atoms with Crippen LogP contribution in [0, 0.1) is 22.9 Å². The summed E-state index contributed by atoms with van der Waals surface area (Å²) in [6.07, 6.45) is 0.564. The number of likely N-dealkylation sites (N-methyl/N-ethyl adjacent to an activating group) is 1. The van der Waals surface area contributed by atoms with Gasteiger partial charge in [-0.1, -0.05) is 29.8 Å². The molecular formula is C16H17FN2O2. The lowest BCUT2D eigenvalue weighted by atomic mass is 9.97. The first-order chi connectivity index (χ1) is 10.0. The first kappa shape index (κ1) is 15.1. The molecule has 1 atom stereocenters. The fourth-order valence-electron chi connectivity index (χ4n) is 2.29. The minimum Gasteiger partial charge on any atom is -0.313 e. The van der Waals surface area contributed by atoms with Crippen molar-refractivity contribution in [2.24, 2.45) is 0 Å². The summed E-state index contributed by atoms with van der Waals surface area (Å²) in [6, 6.07) is 11.2. The van der Waals surface area contributed by atoms with Gasteiger partial charge in [0.15, 0.2) is 0 Å². The van der Waals surface area contributed by atoms with Crippen LogP contribution in [0.3, 0.4) is 0 Å². The molecule has 0 aliphatic carbocycles. The number of aryl methyl sites for hydroxylation is 1. The third-order valence-corrected chi connectivity index (χ3v) is 3.46. The van der Waals surface area contributed by atoms with E-state index < -0.39 is 4.92 Å². The number of hydrogen-bond acceptors (Lipinski definition) is 3. The quantitative estimate of drug-likeness (QED) is 0.676. The number of nitrogens with zero attached hydrogens (tertiary/aromatic N) is 1. The molecule has 2 rings (SSSR count). The molecule has 2 aromatic rings. The zero-order chi connectivity index (χ0) is 15.4. The van der Waals surface area contributed by atoms with Crippen LogP contribution in [-0.4, -0.2) is 12.0 Å². The summed E-state index contributed by atoms with van der Waals surface area (Å²) in [5, 5.41) is 13.7. The Kier molecular flexibility index (Phi) is 4.65. The number of nitro benzene ring substituents is 1. The van der Waals surface area contributed by atoms with E-state index in [1.807, 2.05) is 13.0 Å². The molecule has 0 aliphatic heterocycles. The molecule has 21 heavy (non-hydrogen) atoms. The van der Waals surface area contributed by atoms with Crippen LogP contribution in [0.25, 0.3) is 0 Å². The highest BCUT2D eigenvalue weighted by Gasteiger charge is 2.15. The topological polar surface area (TPSA) is 55.2 Å². The lowest BCUT2D eigenvalue weighted by Gasteiger charge is -2.18. The maximum Gasteiger partial charge on any atom is 0.269 e. The van der Waals surface area contributed by atoms with E-state index in [-0.39, 0.29) is 17.5 Å². The van der Waals surface area contributed by atoms with Crippen molar-refractivity contribution in [3.05, 3.63) is 75.1 Å². The number of hydrogen-bond donors (Lipinski definition) is 1. The van der Waals surface area contributed by atoms with Crippen LogP contribution in [0.1, 0.15) is 22.7 Å². The summed E-state index contributed by atoms with van der Waals surface area (Å²) in [4.78, 5) is 10.2.